The third-order valence-electron chi connectivity index (χ3n) is 2.78. The fraction of sp³-hybridized carbons (Fsp3) is 0.0714. The quantitative estimate of drug-likeness (QED) is 0.654. The van der Waals surface area contributed by atoms with Crippen molar-refractivity contribution < 1.29 is 14.3 Å². The van der Waals surface area contributed by atoms with Crippen molar-refractivity contribution in [2.45, 2.75) is 5.16 Å². The molecule has 0 unspecified atom stereocenters. The standard InChI is InChI=1S/C14H9Cl2N3O3S/c15-8-3-7(4-9(16)5-8)10-1-2-11(22-10)13-17-14(19-18-13)23-6-12(20)21/h1-5H,6H2,(H,20,21)(H,17,18,19). The first-order valence-electron chi connectivity index (χ1n) is 6.35. The maximum absolute atomic E-state index is 10.5. The fourth-order valence-corrected chi connectivity index (χ4v) is 2.92. The molecule has 3 rings (SSSR count). The first kappa shape index (κ1) is 15.9. The average Bonchev–Trinajstić information content (AvgIpc) is 3.13. The van der Waals surface area contributed by atoms with Gasteiger partial charge in [0.25, 0.3) is 0 Å². The van der Waals surface area contributed by atoms with E-state index in [9.17, 15) is 4.79 Å². The molecule has 0 aliphatic carbocycles. The molecule has 3 aromatic rings. The van der Waals surface area contributed by atoms with Crippen molar-refractivity contribution in [1.82, 2.24) is 15.2 Å². The van der Waals surface area contributed by atoms with Gasteiger partial charge in [-0.15, -0.1) is 10.2 Å². The van der Waals surface area contributed by atoms with Crippen LogP contribution in [0.5, 0.6) is 0 Å². The molecule has 0 aliphatic heterocycles. The van der Waals surface area contributed by atoms with Crippen LogP contribution in [-0.2, 0) is 4.79 Å². The number of furan rings is 1. The second kappa shape index (κ2) is 6.66. The molecule has 0 fully saturated rings. The van der Waals surface area contributed by atoms with E-state index >= 15 is 0 Å². The van der Waals surface area contributed by atoms with Crippen LogP contribution in [0.3, 0.4) is 0 Å². The highest BCUT2D eigenvalue weighted by molar-refractivity contribution is 7.99. The van der Waals surface area contributed by atoms with Crippen LogP contribution in [0.4, 0.5) is 0 Å². The number of nitrogens with zero attached hydrogens (tertiary/aromatic N) is 2. The van der Waals surface area contributed by atoms with Crippen molar-refractivity contribution in [2.75, 3.05) is 5.75 Å². The van der Waals surface area contributed by atoms with Crippen LogP contribution in [0, 0.1) is 0 Å². The summed E-state index contributed by atoms with van der Waals surface area (Å²) >= 11 is 13.0. The van der Waals surface area contributed by atoms with Gasteiger partial charge in [0.2, 0.25) is 0 Å². The Kier molecular flexibility index (Phi) is 4.61. The lowest BCUT2D eigenvalue weighted by molar-refractivity contribution is -0.133. The number of aromatic amines is 1. The Morgan fingerprint density at radius 2 is 1.87 bits per heavy atom. The number of hydrogen-bond donors (Lipinski definition) is 2. The van der Waals surface area contributed by atoms with Crippen molar-refractivity contribution in [3.05, 3.63) is 40.4 Å². The summed E-state index contributed by atoms with van der Waals surface area (Å²) < 4.78 is 5.73. The van der Waals surface area contributed by atoms with Gasteiger partial charge < -0.3 is 14.5 Å². The monoisotopic (exact) mass is 369 g/mol. The van der Waals surface area contributed by atoms with Crippen LogP contribution in [0.25, 0.3) is 22.9 Å². The number of thioether (sulfide) groups is 1. The molecule has 118 valence electrons. The fourth-order valence-electron chi connectivity index (χ4n) is 1.87. The van der Waals surface area contributed by atoms with Crippen LogP contribution < -0.4 is 0 Å². The van der Waals surface area contributed by atoms with Crippen molar-refractivity contribution in [3.8, 4) is 22.9 Å². The van der Waals surface area contributed by atoms with Gasteiger partial charge in [0.05, 0.1) is 5.75 Å². The molecule has 0 saturated carbocycles. The van der Waals surface area contributed by atoms with E-state index in [1.54, 1.807) is 30.3 Å². The van der Waals surface area contributed by atoms with Crippen molar-refractivity contribution in [3.63, 3.8) is 0 Å². The van der Waals surface area contributed by atoms with E-state index in [1.807, 2.05) is 0 Å². The molecule has 0 amide bonds. The zero-order valence-electron chi connectivity index (χ0n) is 11.4. The number of H-pyrrole nitrogens is 1. The van der Waals surface area contributed by atoms with E-state index in [1.165, 1.54) is 0 Å². The lowest BCUT2D eigenvalue weighted by atomic mass is 10.2. The Balaban J connectivity index is 1.83. The first-order chi connectivity index (χ1) is 11.0. The van der Waals surface area contributed by atoms with E-state index in [2.05, 4.69) is 15.2 Å². The summed E-state index contributed by atoms with van der Waals surface area (Å²) in [7, 11) is 0. The van der Waals surface area contributed by atoms with Gasteiger partial charge in [-0.1, -0.05) is 35.0 Å². The van der Waals surface area contributed by atoms with Crippen LogP contribution in [0.15, 0.2) is 39.9 Å². The van der Waals surface area contributed by atoms with Gasteiger partial charge >= 0.3 is 5.97 Å². The number of benzene rings is 1. The van der Waals surface area contributed by atoms with Crippen molar-refractivity contribution in [2.24, 2.45) is 0 Å². The molecule has 0 aliphatic rings. The molecule has 0 radical (unpaired) electrons. The zero-order valence-corrected chi connectivity index (χ0v) is 13.7. The van der Waals surface area contributed by atoms with E-state index in [0.29, 0.717) is 32.5 Å². The molecule has 0 atom stereocenters. The van der Waals surface area contributed by atoms with Gasteiger partial charge in [0, 0.05) is 15.6 Å². The SMILES string of the molecule is O=C(O)CSc1nnc(-c2ccc(-c3cc(Cl)cc(Cl)c3)o2)[nH]1. The Labute approximate surface area is 144 Å². The number of carboxylic acid groups (broad SMARTS) is 1. The summed E-state index contributed by atoms with van der Waals surface area (Å²) in [4.78, 5) is 13.4. The minimum atomic E-state index is -0.925. The van der Waals surface area contributed by atoms with Gasteiger partial charge in [-0.2, -0.15) is 0 Å². The molecule has 1 aromatic carbocycles. The molecule has 0 bridgehead atoms. The number of rotatable bonds is 5. The molecule has 23 heavy (non-hydrogen) atoms. The third-order valence-corrected chi connectivity index (χ3v) is 4.07. The van der Waals surface area contributed by atoms with Crippen LogP contribution in [0.1, 0.15) is 0 Å². The van der Waals surface area contributed by atoms with Gasteiger partial charge in [-0.05, 0) is 30.3 Å². The molecule has 2 heterocycles. The maximum atomic E-state index is 10.5. The van der Waals surface area contributed by atoms with Gasteiger partial charge in [0.1, 0.15) is 5.76 Å². The number of aromatic nitrogens is 3. The summed E-state index contributed by atoms with van der Waals surface area (Å²) in [6, 6.07) is 8.62. The van der Waals surface area contributed by atoms with Crippen LogP contribution in [-0.4, -0.2) is 32.0 Å². The Morgan fingerprint density at radius 3 is 2.57 bits per heavy atom. The van der Waals surface area contributed by atoms with E-state index in [0.717, 1.165) is 17.3 Å². The second-order valence-electron chi connectivity index (χ2n) is 4.48. The average molecular weight is 370 g/mol. The smallest absolute Gasteiger partial charge is 0.313 e. The summed E-state index contributed by atoms with van der Waals surface area (Å²) in [6.07, 6.45) is 0. The third kappa shape index (κ3) is 3.87. The topological polar surface area (TPSA) is 92.0 Å². The molecule has 6 nitrogen and oxygen atoms in total. The van der Waals surface area contributed by atoms with E-state index in [-0.39, 0.29) is 5.75 Å². The molecular formula is C14H9Cl2N3O3S. The molecular weight excluding hydrogens is 361 g/mol. The Bertz CT molecular complexity index is 842. The molecule has 9 heteroatoms. The van der Waals surface area contributed by atoms with Crippen LogP contribution >= 0.6 is 35.0 Å². The predicted octanol–water partition coefficient (Wildman–Crippen LogP) is 4.22. The summed E-state index contributed by atoms with van der Waals surface area (Å²) in [6.45, 7) is 0. The zero-order chi connectivity index (χ0) is 16.4. The largest absolute Gasteiger partial charge is 0.481 e. The molecule has 2 N–H and O–H groups in total. The summed E-state index contributed by atoms with van der Waals surface area (Å²) in [5.74, 6) is 0.452. The highest BCUT2D eigenvalue weighted by atomic mass is 35.5. The van der Waals surface area contributed by atoms with Gasteiger partial charge in [-0.25, -0.2) is 0 Å². The highest BCUT2D eigenvalue weighted by Crippen LogP contribution is 2.31. The number of carboxylic acids is 1. The number of nitrogens with one attached hydrogen (secondary N) is 1. The molecule has 0 spiro atoms. The second-order valence-corrected chi connectivity index (χ2v) is 6.32. The van der Waals surface area contributed by atoms with Gasteiger partial charge in [0.15, 0.2) is 16.7 Å². The number of halogens is 2. The summed E-state index contributed by atoms with van der Waals surface area (Å²) in [5.41, 5.74) is 0.744. The van der Waals surface area contributed by atoms with E-state index in [4.69, 9.17) is 32.7 Å². The lowest BCUT2D eigenvalue weighted by Gasteiger charge is -1.99. The van der Waals surface area contributed by atoms with Gasteiger partial charge in [-0.3, -0.25) is 4.79 Å². The Hall–Kier alpha value is -1.96. The summed E-state index contributed by atoms with van der Waals surface area (Å²) in [5, 5.41) is 17.9. The molecule has 0 saturated heterocycles. The maximum Gasteiger partial charge on any atom is 0.313 e. The first-order valence-corrected chi connectivity index (χ1v) is 8.09. The lowest BCUT2D eigenvalue weighted by Crippen LogP contribution is -1.97. The number of hydrogen-bond acceptors (Lipinski definition) is 5. The highest BCUT2D eigenvalue weighted by Gasteiger charge is 2.13. The van der Waals surface area contributed by atoms with Crippen molar-refractivity contribution in [1.29, 1.82) is 0 Å². The van der Waals surface area contributed by atoms with E-state index < -0.39 is 5.97 Å². The Morgan fingerprint density at radius 1 is 1.17 bits per heavy atom. The minimum Gasteiger partial charge on any atom is -0.481 e. The predicted molar refractivity (Wildman–Crippen MR) is 87.9 cm³/mol. The molecule has 2 aromatic heterocycles. The van der Waals surface area contributed by atoms with Crippen molar-refractivity contribution >= 4 is 40.9 Å². The number of aliphatic carboxylic acids is 1. The normalized spacial score (nSPS) is 10.9. The minimum absolute atomic E-state index is 0.0982. The van der Waals surface area contributed by atoms with Crippen LogP contribution in [0.2, 0.25) is 10.0 Å². The number of carbonyl (C=O) groups is 1.